The summed E-state index contributed by atoms with van der Waals surface area (Å²) >= 11 is 0. The fourth-order valence-electron chi connectivity index (χ4n) is 2.48. The predicted octanol–water partition coefficient (Wildman–Crippen LogP) is 1.65. The molecule has 1 unspecified atom stereocenters. The van der Waals surface area contributed by atoms with Gasteiger partial charge in [-0.05, 0) is 30.2 Å². The van der Waals surface area contributed by atoms with Crippen LogP contribution in [0.4, 0.5) is 13.2 Å². The van der Waals surface area contributed by atoms with Crippen LogP contribution in [0.15, 0.2) is 24.3 Å². The van der Waals surface area contributed by atoms with Crippen LogP contribution in [0.3, 0.4) is 0 Å². The molecule has 1 amide bonds. The molecule has 1 atom stereocenters. The second-order valence-corrected chi connectivity index (χ2v) is 5.66. The van der Waals surface area contributed by atoms with Gasteiger partial charge in [0.1, 0.15) is 6.54 Å². The third kappa shape index (κ3) is 4.53. The summed E-state index contributed by atoms with van der Waals surface area (Å²) < 4.78 is 43.6. The standard InChI is InChI=1S/C15H16F3N5O2/c16-15(17,18)11-4-1-3-10(7-11)14-20-22-23(21-14)9-13(24)19-8-12-5-2-6-25-12/h1,3-4,7,12H,2,5-6,8-9H2,(H,19,24). The number of ether oxygens (including phenoxy) is 1. The van der Waals surface area contributed by atoms with Crippen LogP contribution in [0.1, 0.15) is 18.4 Å². The Hall–Kier alpha value is -2.49. The van der Waals surface area contributed by atoms with Crippen molar-refractivity contribution in [3.8, 4) is 11.4 Å². The van der Waals surface area contributed by atoms with Gasteiger partial charge in [0, 0.05) is 18.7 Å². The number of amides is 1. The molecule has 134 valence electrons. The maximum Gasteiger partial charge on any atom is 0.416 e. The number of benzene rings is 1. The summed E-state index contributed by atoms with van der Waals surface area (Å²) in [5, 5.41) is 14.1. The number of nitrogens with zero attached hydrogens (tertiary/aromatic N) is 4. The van der Waals surface area contributed by atoms with Gasteiger partial charge in [-0.2, -0.15) is 18.0 Å². The summed E-state index contributed by atoms with van der Waals surface area (Å²) in [6.07, 6.45) is -2.55. The zero-order valence-electron chi connectivity index (χ0n) is 13.2. The van der Waals surface area contributed by atoms with E-state index in [0.29, 0.717) is 13.2 Å². The van der Waals surface area contributed by atoms with Crippen LogP contribution < -0.4 is 5.32 Å². The molecule has 0 bridgehead atoms. The van der Waals surface area contributed by atoms with Gasteiger partial charge in [0.15, 0.2) is 0 Å². The minimum absolute atomic E-state index is 0.0216. The number of hydrogen-bond donors (Lipinski definition) is 1. The summed E-state index contributed by atoms with van der Waals surface area (Å²) in [7, 11) is 0. The molecule has 1 aliphatic rings. The molecule has 1 aliphatic heterocycles. The molecule has 0 saturated carbocycles. The minimum Gasteiger partial charge on any atom is -0.376 e. The van der Waals surface area contributed by atoms with Gasteiger partial charge >= 0.3 is 6.18 Å². The SMILES string of the molecule is O=C(Cn1nnc(-c2cccc(C(F)(F)F)c2)n1)NCC1CCCO1. The Morgan fingerprint density at radius 1 is 1.40 bits per heavy atom. The van der Waals surface area contributed by atoms with Crippen molar-refractivity contribution in [2.45, 2.75) is 31.7 Å². The van der Waals surface area contributed by atoms with E-state index in [0.717, 1.165) is 29.8 Å². The normalized spacial score (nSPS) is 17.6. The Morgan fingerprint density at radius 2 is 2.24 bits per heavy atom. The van der Waals surface area contributed by atoms with E-state index in [1.54, 1.807) is 0 Å². The minimum atomic E-state index is -4.45. The van der Waals surface area contributed by atoms with Gasteiger partial charge in [0.05, 0.1) is 11.7 Å². The van der Waals surface area contributed by atoms with Gasteiger partial charge in [-0.25, -0.2) is 0 Å². The molecule has 2 heterocycles. The number of halogens is 3. The molecule has 0 spiro atoms. The third-order valence-corrected chi connectivity index (χ3v) is 3.74. The van der Waals surface area contributed by atoms with Crippen molar-refractivity contribution in [3.05, 3.63) is 29.8 Å². The van der Waals surface area contributed by atoms with Crippen molar-refractivity contribution in [1.29, 1.82) is 0 Å². The Morgan fingerprint density at radius 3 is 2.96 bits per heavy atom. The second-order valence-electron chi connectivity index (χ2n) is 5.66. The van der Waals surface area contributed by atoms with E-state index in [9.17, 15) is 18.0 Å². The molecule has 3 rings (SSSR count). The highest BCUT2D eigenvalue weighted by molar-refractivity contribution is 5.75. The van der Waals surface area contributed by atoms with E-state index in [2.05, 4.69) is 20.7 Å². The van der Waals surface area contributed by atoms with Crippen LogP contribution in [0.5, 0.6) is 0 Å². The summed E-state index contributed by atoms with van der Waals surface area (Å²) in [6, 6.07) is 4.63. The number of carbonyl (C=O) groups excluding carboxylic acids is 1. The molecular weight excluding hydrogens is 339 g/mol. The number of alkyl halides is 3. The summed E-state index contributed by atoms with van der Waals surface area (Å²) in [4.78, 5) is 12.9. The number of rotatable bonds is 5. The highest BCUT2D eigenvalue weighted by Crippen LogP contribution is 2.31. The quantitative estimate of drug-likeness (QED) is 0.882. The first-order valence-electron chi connectivity index (χ1n) is 7.75. The molecule has 1 fully saturated rings. The second kappa shape index (κ2) is 7.18. The van der Waals surface area contributed by atoms with Gasteiger partial charge in [0.25, 0.3) is 0 Å². The van der Waals surface area contributed by atoms with E-state index < -0.39 is 11.7 Å². The lowest BCUT2D eigenvalue weighted by atomic mass is 10.1. The third-order valence-electron chi connectivity index (χ3n) is 3.74. The van der Waals surface area contributed by atoms with Gasteiger partial charge in [-0.15, -0.1) is 10.2 Å². The van der Waals surface area contributed by atoms with E-state index in [1.165, 1.54) is 12.1 Å². The van der Waals surface area contributed by atoms with Crippen molar-refractivity contribution in [2.75, 3.05) is 13.2 Å². The molecule has 1 saturated heterocycles. The number of hydrogen-bond acceptors (Lipinski definition) is 5. The van der Waals surface area contributed by atoms with Crippen LogP contribution in [-0.2, 0) is 22.3 Å². The number of nitrogens with one attached hydrogen (secondary N) is 1. The van der Waals surface area contributed by atoms with Gasteiger partial charge in [-0.3, -0.25) is 4.79 Å². The van der Waals surface area contributed by atoms with E-state index in [4.69, 9.17) is 4.74 Å². The number of tetrazole rings is 1. The van der Waals surface area contributed by atoms with Crippen molar-refractivity contribution >= 4 is 5.91 Å². The average Bonchev–Trinajstić information content (AvgIpc) is 3.24. The largest absolute Gasteiger partial charge is 0.416 e. The molecule has 2 aromatic rings. The molecule has 10 heteroatoms. The van der Waals surface area contributed by atoms with Crippen molar-refractivity contribution in [2.24, 2.45) is 0 Å². The average molecular weight is 355 g/mol. The summed E-state index contributed by atoms with van der Waals surface area (Å²) in [5.41, 5.74) is -0.614. The van der Waals surface area contributed by atoms with Crippen LogP contribution in [-0.4, -0.2) is 45.4 Å². The van der Waals surface area contributed by atoms with Crippen LogP contribution in [0, 0.1) is 0 Å². The smallest absolute Gasteiger partial charge is 0.376 e. The highest BCUT2D eigenvalue weighted by Gasteiger charge is 2.30. The molecule has 0 radical (unpaired) electrons. The van der Waals surface area contributed by atoms with Gasteiger partial charge < -0.3 is 10.1 Å². The van der Waals surface area contributed by atoms with E-state index in [1.807, 2.05) is 0 Å². The topological polar surface area (TPSA) is 81.9 Å². The lowest BCUT2D eigenvalue weighted by Gasteiger charge is -2.10. The van der Waals surface area contributed by atoms with Crippen molar-refractivity contribution in [1.82, 2.24) is 25.5 Å². The molecule has 1 aromatic carbocycles. The maximum absolute atomic E-state index is 12.7. The van der Waals surface area contributed by atoms with Crippen molar-refractivity contribution in [3.63, 3.8) is 0 Å². The number of carbonyl (C=O) groups is 1. The Labute approximate surface area is 141 Å². The zero-order chi connectivity index (χ0) is 17.9. The van der Waals surface area contributed by atoms with E-state index >= 15 is 0 Å². The fourth-order valence-corrected chi connectivity index (χ4v) is 2.48. The molecule has 7 nitrogen and oxygen atoms in total. The lowest BCUT2D eigenvalue weighted by molar-refractivity contribution is -0.137. The molecule has 1 N–H and O–H groups in total. The zero-order valence-corrected chi connectivity index (χ0v) is 13.2. The van der Waals surface area contributed by atoms with Crippen LogP contribution in [0.25, 0.3) is 11.4 Å². The van der Waals surface area contributed by atoms with Gasteiger partial charge in [-0.1, -0.05) is 12.1 Å². The summed E-state index contributed by atoms with van der Waals surface area (Å²) in [6.45, 7) is 0.943. The Kier molecular flexibility index (Phi) is 4.98. The highest BCUT2D eigenvalue weighted by atomic mass is 19.4. The Bertz CT molecular complexity index is 741. The first-order chi connectivity index (χ1) is 11.9. The predicted molar refractivity (Wildman–Crippen MR) is 80.2 cm³/mol. The van der Waals surface area contributed by atoms with Crippen LogP contribution >= 0.6 is 0 Å². The van der Waals surface area contributed by atoms with Gasteiger partial charge in [0.2, 0.25) is 11.7 Å². The lowest BCUT2D eigenvalue weighted by Crippen LogP contribution is -2.34. The first kappa shape index (κ1) is 17.3. The molecule has 0 aliphatic carbocycles. The molecule has 1 aromatic heterocycles. The monoisotopic (exact) mass is 355 g/mol. The number of aromatic nitrogens is 4. The van der Waals surface area contributed by atoms with Crippen molar-refractivity contribution < 1.29 is 22.7 Å². The van der Waals surface area contributed by atoms with Crippen LogP contribution in [0.2, 0.25) is 0 Å². The van der Waals surface area contributed by atoms with E-state index in [-0.39, 0.29) is 29.9 Å². The molecule has 25 heavy (non-hydrogen) atoms. The Balaban J connectivity index is 1.61. The molecular formula is C15H16F3N5O2. The summed E-state index contributed by atoms with van der Waals surface area (Å²) in [5.74, 6) is -0.290. The first-order valence-corrected chi connectivity index (χ1v) is 7.75. The maximum atomic E-state index is 12.7. The fraction of sp³-hybridized carbons (Fsp3) is 0.467.